The van der Waals surface area contributed by atoms with Crippen LogP contribution in [0.2, 0.25) is 0 Å². The van der Waals surface area contributed by atoms with Crippen molar-refractivity contribution in [1.82, 2.24) is 0 Å². The molecule has 9 heavy (non-hydrogen) atoms. The molecule has 0 aromatic heterocycles. The molecule has 0 aliphatic heterocycles. The molecule has 0 heterocycles. The molecule has 0 aromatic rings. The molecule has 1 nitrogen and oxygen atoms in total. The molecular formula is C7H10OS. The molecule has 0 N–H and O–H groups in total. The summed E-state index contributed by atoms with van der Waals surface area (Å²) in [7, 11) is 0. The van der Waals surface area contributed by atoms with Gasteiger partial charge in [0.15, 0.2) is 0 Å². The zero-order valence-electron chi connectivity index (χ0n) is 5.37. The minimum absolute atomic E-state index is 0.233. The third kappa shape index (κ3) is 0.599. The summed E-state index contributed by atoms with van der Waals surface area (Å²) in [5, 5.41) is 0.377. The molecule has 2 aliphatic rings. The van der Waals surface area contributed by atoms with E-state index in [0.29, 0.717) is 22.9 Å². The van der Waals surface area contributed by atoms with Gasteiger partial charge in [-0.05, 0) is 12.3 Å². The lowest BCUT2D eigenvalue weighted by molar-refractivity contribution is -0.121. The molecule has 2 aliphatic carbocycles. The third-order valence-electron chi connectivity index (χ3n) is 2.60. The van der Waals surface area contributed by atoms with Crippen molar-refractivity contribution < 1.29 is 4.79 Å². The van der Waals surface area contributed by atoms with Crippen LogP contribution in [0.5, 0.6) is 0 Å². The van der Waals surface area contributed by atoms with E-state index >= 15 is 0 Å². The van der Waals surface area contributed by atoms with Crippen LogP contribution in [0.25, 0.3) is 0 Å². The summed E-state index contributed by atoms with van der Waals surface area (Å²) in [6, 6.07) is 0. The molecule has 0 aromatic carbocycles. The van der Waals surface area contributed by atoms with Gasteiger partial charge in [0.1, 0.15) is 5.78 Å². The van der Waals surface area contributed by atoms with Gasteiger partial charge in [0, 0.05) is 17.1 Å². The second-order valence-corrected chi connectivity index (χ2v) is 3.78. The van der Waals surface area contributed by atoms with Gasteiger partial charge in [-0.15, -0.1) is 0 Å². The molecule has 2 fully saturated rings. The predicted molar refractivity (Wildman–Crippen MR) is 38.5 cm³/mol. The maximum absolute atomic E-state index is 11.1. The molecule has 2 heteroatoms. The standard InChI is InChI=1S/C7H10OS/c1-3-6(8)4-2-5(4)7(3)9/h3-5,7,9H,2H2,1H3. The Morgan fingerprint density at radius 3 is 2.56 bits per heavy atom. The number of hydrogen-bond acceptors (Lipinski definition) is 2. The van der Waals surface area contributed by atoms with Gasteiger partial charge in [-0.3, -0.25) is 4.79 Å². The van der Waals surface area contributed by atoms with Gasteiger partial charge < -0.3 is 0 Å². The van der Waals surface area contributed by atoms with Crippen LogP contribution >= 0.6 is 12.6 Å². The Bertz CT molecular complexity index is 166. The van der Waals surface area contributed by atoms with Crippen molar-refractivity contribution in [2.24, 2.45) is 17.8 Å². The zero-order valence-corrected chi connectivity index (χ0v) is 6.27. The maximum atomic E-state index is 11.1. The van der Waals surface area contributed by atoms with E-state index in [0.717, 1.165) is 6.42 Å². The number of carbonyl (C=O) groups excluding carboxylic acids is 1. The van der Waals surface area contributed by atoms with E-state index in [-0.39, 0.29) is 5.92 Å². The Morgan fingerprint density at radius 2 is 2.33 bits per heavy atom. The minimum atomic E-state index is 0.233. The largest absolute Gasteiger partial charge is 0.299 e. The van der Waals surface area contributed by atoms with Crippen LogP contribution in [-0.4, -0.2) is 11.0 Å². The number of hydrogen-bond donors (Lipinski definition) is 1. The molecule has 50 valence electrons. The second kappa shape index (κ2) is 1.54. The summed E-state index contributed by atoms with van der Waals surface area (Å²) in [5.74, 6) is 1.76. The molecule has 0 amide bonds. The van der Waals surface area contributed by atoms with E-state index in [1.165, 1.54) is 0 Å². The minimum Gasteiger partial charge on any atom is -0.299 e. The number of rotatable bonds is 0. The highest BCUT2D eigenvalue weighted by Crippen LogP contribution is 2.53. The van der Waals surface area contributed by atoms with Crippen molar-refractivity contribution >= 4 is 18.4 Å². The quantitative estimate of drug-likeness (QED) is 0.502. The fraction of sp³-hybridized carbons (Fsp3) is 0.857. The van der Waals surface area contributed by atoms with Gasteiger partial charge in [0.2, 0.25) is 0 Å². The smallest absolute Gasteiger partial charge is 0.140 e. The number of carbonyl (C=O) groups is 1. The average Bonchev–Trinajstić information content (AvgIpc) is 2.56. The van der Waals surface area contributed by atoms with Gasteiger partial charge in [-0.2, -0.15) is 12.6 Å². The summed E-state index contributed by atoms with van der Waals surface area (Å²) in [5.41, 5.74) is 0. The number of thiol groups is 1. The van der Waals surface area contributed by atoms with E-state index in [1.807, 2.05) is 6.92 Å². The van der Waals surface area contributed by atoms with Crippen molar-refractivity contribution in [1.29, 1.82) is 0 Å². The van der Waals surface area contributed by atoms with Crippen LogP contribution in [-0.2, 0) is 4.79 Å². The summed E-state index contributed by atoms with van der Waals surface area (Å²) < 4.78 is 0. The molecule has 0 saturated heterocycles. The molecule has 2 rings (SSSR count). The van der Waals surface area contributed by atoms with E-state index < -0.39 is 0 Å². The Hall–Kier alpha value is 0.0200. The third-order valence-corrected chi connectivity index (χ3v) is 3.44. The Morgan fingerprint density at radius 1 is 1.67 bits per heavy atom. The van der Waals surface area contributed by atoms with E-state index in [4.69, 9.17) is 0 Å². The van der Waals surface area contributed by atoms with Crippen molar-refractivity contribution in [3.63, 3.8) is 0 Å². The first-order valence-electron chi connectivity index (χ1n) is 3.43. The molecule has 0 bridgehead atoms. The second-order valence-electron chi connectivity index (χ2n) is 3.19. The number of fused-ring (bicyclic) bond motifs is 1. The van der Waals surface area contributed by atoms with Crippen LogP contribution in [0, 0.1) is 17.8 Å². The Kier molecular flexibility index (Phi) is 0.989. The Balaban J connectivity index is 2.23. The molecule has 0 spiro atoms. The predicted octanol–water partition coefficient (Wildman–Crippen LogP) is 1.14. The van der Waals surface area contributed by atoms with E-state index in [1.54, 1.807) is 0 Å². The van der Waals surface area contributed by atoms with Gasteiger partial charge in [0.25, 0.3) is 0 Å². The monoisotopic (exact) mass is 142 g/mol. The first-order valence-corrected chi connectivity index (χ1v) is 3.95. The van der Waals surface area contributed by atoms with Crippen molar-refractivity contribution in [2.75, 3.05) is 0 Å². The van der Waals surface area contributed by atoms with E-state index in [9.17, 15) is 4.79 Å². The zero-order chi connectivity index (χ0) is 6.59. The summed E-state index contributed by atoms with van der Waals surface area (Å²) in [6.07, 6.45) is 1.12. The Labute approximate surface area is 60.2 Å². The summed E-state index contributed by atoms with van der Waals surface area (Å²) in [6.45, 7) is 1.99. The number of ketones is 1. The number of Topliss-reactive ketones (excluding diaryl/α,β-unsaturated/α-hetero) is 1. The molecule has 4 unspecified atom stereocenters. The highest BCUT2D eigenvalue weighted by molar-refractivity contribution is 7.81. The molecular weight excluding hydrogens is 132 g/mol. The van der Waals surface area contributed by atoms with Crippen molar-refractivity contribution in [3.05, 3.63) is 0 Å². The van der Waals surface area contributed by atoms with Crippen LogP contribution in [0.4, 0.5) is 0 Å². The SMILES string of the molecule is CC1C(=O)C2CC2C1S. The fourth-order valence-electron chi connectivity index (χ4n) is 1.80. The van der Waals surface area contributed by atoms with Gasteiger partial charge in [0.05, 0.1) is 0 Å². The summed E-state index contributed by atoms with van der Waals surface area (Å²) >= 11 is 4.36. The maximum Gasteiger partial charge on any atom is 0.140 e. The molecule has 0 radical (unpaired) electrons. The van der Waals surface area contributed by atoms with Crippen LogP contribution < -0.4 is 0 Å². The van der Waals surface area contributed by atoms with Gasteiger partial charge in [-0.25, -0.2) is 0 Å². The highest BCUT2D eigenvalue weighted by atomic mass is 32.1. The molecule has 2 saturated carbocycles. The van der Waals surface area contributed by atoms with Crippen LogP contribution in [0.3, 0.4) is 0 Å². The lowest BCUT2D eigenvalue weighted by Crippen LogP contribution is -2.15. The topological polar surface area (TPSA) is 17.1 Å². The van der Waals surface area contributed by atoms with Gasteiger partial charge >= 0.3 is 0 Å². The highest BCUT2D eigenvalue weighted by Gasteiger charge is 2.56. The summed E-state index contributed by atoms with van der Waals surface area (Å²) in [4.78, 5) is 11.1. The van der Waals surface area contributed by atoms with Gasteiger partial charge in [-0.1, -0.05) is 6.92 Å². The average molecular weight is 142 g/mol. The first kappa shape index (κ1) is 5.78. The normalized spacial score (nSPS) is 55.6. The lowest BCUT2D eigenvalue weighted by Gasteiger charge is -2.08. The molecule has 4 atom stereocenters. The van der Waals surface area contributed by atoms with Crippen molar-refractivity contribution in [2.45, 2.75) is 18.6 Å². The lowest BCUT2D eigenvalue weighted by atomic mass is 10.1. The van der Waals surface area contributed by atoms with Crippen LogP contribution in [0.1, 0.15) is 13.3 Å². The van der Waals surface area contributed by atoms with Crippen LogP contribution in [0.15, 0.2) is 0 Å². The van der Waals surface area contributed by atoms with E-state index in [2.05, 4.69) is 12.6 Å². The van der Waals surface area contributed by atoms with Crippen molar-refractivity contribution in [3.8, 4) is 0 Å². The first-order chi connectivity index (χ1) is 4.22. The fourth-order valence-corrected chi connectivity index (χ4v) is 2.27.